The van der Waals surface area contributed by atoms with E-state index < -0.39 is 11.8 Å². The van der Waals surface area contributed by atoms with Gasteiger partial charge in [0.1, 0.15) is 16.4 Å². The highest BCUT2D eigenvalue weighted by Gasteiger charge is 2.15. The Balaban J connectivity index is 1.61. The summed E-state index contributed by atoms with van der Waals surface area (Å²) in [6.07, 6.45) is 0.973. The number of hydrogen-bond donors (Lipinski definition) is 3. The predicted octanol–water partition coefficient (Wildman–Crippen LogP) is 2.95. The molecule has 0 aliphatic heterocycles. The molecule has 0 unspecified atom stereocenters. The van der Waals surface area contributed by atoms with Crippen molar-refractivity contribution in [2.45, 2.75) is 13.3 Å². The van der Waals surface area contributed by atoms with E-state index in [1.807, 2.05) is 24.3 Å². The van der Waals surface area contributed by atoms with Crippen LogP contribution in [0.5, 0.6) is 0 Å². The number of aryl methyl sites for hydroxylation is 1. The molecular formula is C17H17N5O2S2. The zero-order chi connectivity index (χ0) is 18.5. The lowest BCUT2D eigenvalue weighted by Gasteiger charge is -2.03. The molecule has 0 radical (unpaired) electrons. The van der Waals surface area contributed by atoms with Crippen LogP contribution >= 0.6 is 22.7 Å². The topological polar surface area (TPSA) is 96.0 Å². The summed E-state index contributed by atoms with van der Waals surface area (Å²) in [7, 11) is 1.72. The number of carbonyl (C=O) groups excluding carboxylic acids is 2. The molecule has 2 heterocycles. The van der Waals surface area contributed by atoms with E-state index in [9.17, 15) is 9.59 Å². The molecule has 0 fully saturated rings. The first-order chi connectivity index (χ1) is 12.6. The molecule has 0 atom stereocenters. The minimum Gasteiger partial charge on any atom is -0.365 e. The summed E-state index contributed by atoms with van der Waals surface area (Å²) < 4.78 is 0. The van der Waals surface area contributed by atoms with E-state index in [-0.39, 0.29) is 11.4 Å². The summed E-state index contributed by atoms with van der Waals surface area (Å²) in [6.45, 7) is 2.10. The minimum atomic E-state index is -0.485. The van der Waals surface area contributed by atoms with Gasteiger partial charge >= 0.3 is 0 Å². The van der Waals surface area contributed by atoms with Gasteiger partial charge < -0.3 is 5.32 Å². The Morgan fingerprint density at radius 2 is 1.58 bits per heavy atom. The number of benzene rings is 1. The summed E-state index contributed by atoms with van der Waals surface area (Å²) in [5.41, 5.74) is 7.38. The zero-order valence-corrected chi connectivity index (χ0v) is 15.8. The molecule has 0 aliphatic carbocycles. The Morgan fingerprint density at radius 1 is 0.962 bits per heavy atom. The van der Waals surface area contributed by atoms with Crippen molar-refractivity contribution in [3.05, 3.63) is 52.0 Å². The van der Waals surface area contributed by atoms with Crippen molar-refractivity contribution >= 4 is 39.6 Å². The molecule has 3 N–H and O–H groups in total. The van der Waals surface area contributed by atoms with Crippen molar-refractivity contribution in [2.24, 2.45) is 0 Å². The molecule has 3 aromatic rings. The van der Waals surface area contributed by atoms with E-state index in [0.717, 1.165) is 17.0 Å². The van der Waals surface area contributed by atoms with Gasteiger partial charge in [0.2, 0.25) is 0 Å². The van der Waals surface area contributed by atoms with Crippen LogP contribution in [0.25, 0.3) is 10.6 Å². The summed E-state index contributed by atoms with van der Waals surface area (Å²) in [4.78, 5) is 32.5. The lowest BCUT2D eigenvalue weighted by Crippen LogP contribution is -2.41. The average Bonchev–Trinajstić information content (AvgIpc) is 3.35. The number of hydrazine groups is 1. The monoisotopic (exact) mass is 387 g/mol. The van der Waals surface area contributed by atoms with Crippen molar-refractivity contribution in [2.75, 3.05) is 12.4 Å². The van der Waals surface area contributed by atoms with Gasteiger partial charge in [0.05, 0.1) is 0 Å². The number of aromatic nitrogens is 2. The highest BCUT2D eigenvalue weighted by atomic mass is 32.1. The van der Waals surface area contributed by atoms with Gasteiger partial charge in [-0.3, -0.25) is 20.4 Å². The molecule has 1 aromatic carbocycles. The second kappa shape index (κ2) is 8.07. The van der Waals surface area contributed by atoms with E-state index in [2.05, 4.69) is 33.1 Å². The smallest absolute Gasteiger partial charge is 0.289 e. The third kappa shape index (κ3) is 4.06. The van der Waals surface area contributed by atoms with E-state index in [0.29, 0.717) is 5.13 Å². The number of amides is 2. The maximum atomic E-state index is 12.2. The maximum absolute atomic E-state index is 12.2. The Bertz CT molecular complexity index is 917. The molecule has 0 aliphatic rings. The molecule has 134 valence electrons. The number of nitrogens with zero attached hydrogens (tertiary/aromatic N) is 2. The van der Waals surface area contributed by atoms with E-state index in [4.69, 9.17) is 0 Å². The highest BCUT2D eigenvalue weighted by molar-refractivity contribution is 7.14. The number of rotatable bonds is 5. The standard InChI is InChI=1S/C17H17N5O2S2/c1-3-10-4-6-11(7-5-10)16-19-12(8-25-16)14(23)21-22-15(24)13-9-26-17(18-2)20-13/h4-9H,3H2,1-2H3,(H,18,20)(H,21,23)(H,22,24). The number of anilines is 1. The van der Waals surface area contributed by atoms with Gasteiger partial charge in [0, 0.05) is 23.4 Å². The molecule has 2 amide bonds. The lowest BCUT2D eigenvalue weighted by molar-refractivity contribution is 0.0842. The Kier molecular flexibility index (Phi) is 5.59. The largest absolute Gasteiger partial charge is 0.365 e. The average molecular weight is 387 g/mol. The van der Waals surface area contributed by atoms with Gasteiger partial charge in [-0.25, -0.2) is 9.97 Å². The second-order valence-electron chi connectivity index (χ2n) is 5.28. The summed E-state index contributed by atoms with van der Waals surface area (Å²) in [5, 5.41) is 7.49. The van der Waals surface area contributed by atoms with Gasteiger partial charge in [-0.05, 0) is 12.0 Å². The molecule has 9 heteroatoms. The first-order valence-electron chi connectivity index (χ1n) is 7.89. The van der Waals surface area contributed by atoms with Gasteiger partial charge in [0.25, 0.3) is 11.8 Å². The van der Waals surface area contributed by atoms with Crippen molar-refractivity contribution in [3.8, 4) is 10.6 Å². The van der Waals surface area contributed by atoms with E-state index >= 15 is 0 Å². The molecule has 0 saturated heterocycles. The number of carbonyl (C=O) groups is 2. The Hall–Kier alpha value is -2.78. The molecule has 26 heavy (non-hydrogen) atoms. The number of hydrogen-bond acceptors (Lipinski definition) is 7. The molecule has 0 saturated carbocycles. The molecule has 7 nitrogen and oxygen atoms in total. The lowest BCUT2D eigenvalue weighted by atomic mass is 10.1. The van der Waals surface area contributed by atoms with Crippen LogP contribution in [-0.4, -0.2) is 28.8 Å². The van der Waals surface area contributed by atoms with Crippen LogP contribution in [0.2, 0.25) is 0 Å². The van der Waals surface area contributed by atoms with Crippen molar-refractivity contribution in [3.63, 3.8) is 0 Å². The van der Waals surface area contributed by atoms with Crippen molar-refractivity contribution in [1.82, 2.24) is 20.8 Å². The van der Waals surface area contributed by atoms with Gasteiger partial charge in [0.15, 0.2) is 5.13 Å². The molecular weight excluding hydrogens is 370 g/mol. The zero-order valence-electron chi connectivity index (χ0n) is 14.2. The van der Waals surface area contributed by atoms with Gasteiger partial charge in [-0.1, -0.05) is 31.2 Å². The van der Waals surface area contributed by atoms with Crippen LogP contribution in [0.4, 0.5) is 5.13 Å². The summed E-state index contributed by atoms with van der Waals surface area (Å²) in [6, 6.07) is 8.07. The first kappa shape index (κ1) is 18.0. The fourth-order valence-corrected chi connectivity index (χ4v) is 3.59. The van der Waals surface area contributed by atoms with Crippen LogP contribution < -0.4 is 16.2 Å². The van der Waals surface area contributed by atoms with Crippen molar-refractivity contribution < 1.29 is 9.59 Å². The minimum absolute atomic E-state index is 0.231. The maximum Gasteiger partial charge on any atom is 0.289 e. The van der Waals surface area contributed by atoms with Crippen molar-refractivity contribution in [1.29, 1.82) is 0 Å². The Labute approximate surface area is 158 Å². The third-order valence-corrected chi connectivity index (χ3v) is 5.34. The van der Waals surface area contributed by atoms with Crippen LogP contribution in [0.15, 0.2) is 35.0 Å². The van der Waals surface area contributed by atoms with E-state index in [1.54, 1.807) is 17.8 Å². The van der Waals surface area contributed by atoms with Crippen LogP contribution in [0, 0.1) is 0 Å². The van der Waals surface area contributed by atoms with Gasteiger partial charge in [-0.15, -0.1) is 22.7 Å². The van der Waals surface area contributed by atoms with E-state index in [1.165, 1.54) is 28.2 Å². The fourth-order valence-electron chi connectivity index (χ4n) is 2.13. The normalized spacial score (nSPS) is 10.4. The van der Waals surface area contributed by atoms with Crippen LogP contribution in [-0.2, 0) is 6.42 Å². The molecule has 3 rings (SSSR count). The SMILES string of the molecule is CCc1ccc(-c2nc(C(=O)NNC(=O)c3csc(NC)n3)cs2)cc1. The Morgan fingerprint density at radius 3 is 2.15 bits per heavy atom. The number of nitrogens with one attached hydrogen (secondary N) is 3. The molecule has 0 spiro atoms. The van der Waals surface area contributed by atoms with Crippen LogP contribution in [0.1, 0.15) is 33.5 Å². The first-order valence-corrected chi connectivity index (χ1v) is 9.65. The molecule has 0 bridgehead atoms. The third-order valence-electron chi connectivity index (χ3n) is 3.59. The quantitative estimate of drug-likeness (QED) is 0.585. The fraction of sp³-hybridized carbons (Fsp3) is 0.176. The summed E-state index contributed by atoms with van der Waals surface area (Å²) in [5.74, 6) is -0.961. The van der Waals surface area contributed by atoms with Gasteiger partial charge in [-0.2, -0.15) is 0 Å². The molecule has 2 aromatic heterocycles. The predicted molar refractivity (Wildman–Crippen MR) is 104 cm³/mol. The second-order valence-corrected chi connectivity index (χ2v) is 7.00. The highest BCUT2D eigenvalue weighted by Crippen LogP contribution is 2.24. The van der Waals surface area contributed by atoms with Crippen LogP contribution in [0.3, 0.4) is 0 Å². The number of thiazole rings is 2. The summed E-state index contributed by atoms with van der Waals surface area (Å²) >= 11 is 2.68.